The van der Waals surface area contributed by atoms with Gasteiger partial charge in [0, 0.05) is 23.4 Å². The molecule has 0 saturated carbocycles. The van der Waals surface area contributed by atoms with E-state index in [1.165, 1.54) is 0 Å². The minimum absolute atomic E-state index is 0.0246. The molecule has 0 heterocycles. The first-order valence-electron chi connectivity index (χ1n) is 4.04. The number of alkyl halides is 1. The van der Waals surface area contributed by atoms with Crippen molar-refractivity contribution in [3.05, 3.63) is 29.3 Å². The van der Waals surface area contributed by atoms with Gasteiger partial charge in [0.25, 0.3) is 0 Å². The number of carbonyl (C=O) groups is 1. The van der Waals surface area contributed by atoms with Crippen LogP contribution >= 0.6 is 11.6 Å². The van der Waals surface area contributed by atoms with Crippen LogP contribution in [0.15, 0.2) is 18.2 Å². The summed E-state index contributed by atoms with van der Waals surface area (Å²) in [5, 5.41) is 9.33. The standard InChI is InChI=1S/C10H11ClO2/c1-7-8(10(13)5-6-11)3-2-4-9(7)12/h2-4,12H,5-6H2,1H3. The van der Waals surface area contributed by atoms with Crippen LogP contribution in [0.2, 0.25) is 0 Å². The summed E-state index contributed by atoms with van der Waals surface area (Å²) in [5.41, 5.74) is 1.18. The summed E-state index contributed by atoms with van der Waals surface area (Å²) in [6.07, 6.45) is 0.311. The van der Waals surface area contributed by atoms with Crippen molar-refractivity contribution >= 4 is 17.4 Å². The number of ketones is 1. The van der Waals surface area contributed by atoms with Gasteiger partial charge in [0.05, 0.1) is 0 Å². The number of aromatic hydroxyl groups is 1. The molecular weight excluding hydrogens is 188 g/mol. The van der Waals surface area contributed by atoms with Crippen LogP contribution in [-0.2, 0) is 0 Å². The lowest BCUT2D eigenvalue weighted by Crippen LogP contribution is -2.02. The number of hydrogen-bond acceptors (Lipinski definition) is 2. The molecular formula is C10H11ClO2. The summed E-state index contributed by atoms with van der Waals surface area (Å²) >= 11 is 5.46. The number of benzene rings is 1. The molecule has 1 rings (SSSR count). The molecule has 70 valence electrons. The van der Waals surface area contributed by atoms with Gasteiger partial charge in [0.2, 0.25) is 0 Å². The molecule has 0 aromatic heterocycles. The maximum atomic E-state index is 11.4. The summed E-state index contributed by atoms with van der Waals surface area (Å²) in [6.45, 7) is 1.72. The monoisotopic (exact) mass is 198 g/mol. The third-order valence-corrected chi connectivity index (χ3v) is 2.12. The van der Waals surface area contributed by atoms with Crippen molar-refractivity contribution in [3.8, 4) is 5.75 Å². The minimum atomic E-state index is -0.0246. The van der Waals surface area contributed by atoms with Gasteiger partial charge in [-0.3, -0.25) is 4.79 Å². The molecule has 0 atom stereocenters. The smallest absolute Gasteiger partial charge is 0.164 e. The Morgan fingerprint density at radius 2 is 2.23 bits per heavy atom. The fourth-order valence-electron chi connectivity index (χ4n) is 1.15. The van der Waals surface area contributed by atoms with Crippen LogP contribution in [0.1, 0.15) is 22.3 Å². The maximum Gasteiger partial charge on any atom is 0.164 e. The number of rotatable bonds is 3. The van der Waals surface area contributed by atoms with Gasteiger partial charge in [-0.15, -0.1) is 11.6 Å². The first kappa shape index (κ1) is 10.1. The number of phenolic OH excluding ortho intramolecular Hbond substituents is 1. The molecule has 13 heavy (non-hydrogen) atoms. The van der Waals surface area contributed by atoms with E-state index in [2.05, 4.69) is 0 Å². The van der Waals surface area contributed by atoms with E-state index in [-0.39, 0.29) is 11.5 Å². The lowest BCUT2D eigenvalue weighted by molar-refractivity contribution is 0.0988. The molecule has 0 spiro atoms. The van der Waals surface area contributed by atoms with Crippen molar-refractivity contribution in [1.82, 2.24) is 0 Å². The highest BCUT2D eigenvalue weighted by Crippen LogP contribution is 2.20. The average molecular weight is 199 g/mol. The van der Waals surface area contributed by atoms with Crippen LogP contribution in [0.5, 0.6) is 5.75 Å². The second-order valence-electron chi connectivity index (χ2n) is 2.81. The molecule has 0 aliphatic rings. The van der Waals surface area contributed by atoms with E-state index in [4.69, 9.17) is 11.6 Å². The zero-order chi connectivity index (χ0) is 9.84. The van der Waals surface area contributed by atoms with Crippen molar-refractivity contribution in [2.24, 2.45) is 0 Å². The SMILES string of the molecule is Cc1c(O)cccc1C(=O)CCCl. The van der Waals surface area contributed by atoms with Gasteiger partial charge < -0.3 is 5.11 Å². The van der Waals surface area contributed by atoms with Crippen molar-refractivity contribution in [2.75, 3.05) is 5.88 Å². The quantitative estimate of drug-likeness (QED) is 0.599. The number of phenols is 1. The van der Waals surface area contributed by atoms with Crippen molar-refractivity contribution in [3.63, 3.8) is 0 Å². The Morgan fingerprint density at radius 3 is 2.85 bits per heavy atom. The van der Waals surface area contributed by atoms with Crippen molar-refractivity contribution in [1.29, 1.82) is 0 Å². The summed E-state index contributed by atoms with van der Waals surface area (Å²) in [6, 6.07) is 4.92. The van der Waals surface area contributed by atoms with Crippen molar-refractivity contribution in [2.45, 2.75) is 13.3 Å². The predicted octanol–water partition coefficient (Wildman–Crippen LogP) is 2.51. The average Bonchev–Trinajstić information content (AvgIpc) is 2.10. The largest absolute Gasteiger partial charge is 0.508 e. The normalized spacial score (nSPS) is 10.0. The Hall–Kier alpha value is -1.02. The molecule has 1 aromatic carbocycles. The summed E-state index contributed by atoms with van der Waals surface area (Å²) in [5.74, 6) is 0.442. The Kier molecular flexibility index (Phi) is 3.32. The van der Waals surface area contributed by atoms with Crippen LogP contribution in [0.4, 0.5) is 0 Å². The van der Waals surface area contributed by atoms with Crippen LogP contribution in [0.3, 0.4) is 0 Å². The van der Waals surface area contributed by atoms with Gasteiger partial charge in [-0.25, -0.2) is 0 Å². The van der Waals surface area contributed by atoms with E-state index < -0.39 is 0 Å². The predicted molar refractivity (Wildman–Crippen MR) is 52.5 cm³/mol. The minimum Gasteiger partial charge on any atom is -0.508 e. The van der Waals surface area contributed by atoms with E-state index in [0.717, 1.165) is 0 Å². The molecule has 1 N–H and O–H groups in total. The molecule has 0 aliphatic heterocycles. The van der Waals surface area contributed by atoms with Gasteiger partial charge in [-0.1, -0.05) is 12.1 Å². The molecule has 2 nitrogen and oxygen atoms in total. The summed E-state index contributed by atoms with van der Waals surface area (Å²) in [7, 11) is 0. The highest BCUT2D eigenvalue weighted by molar-refractivity contribution is 6.19. The van der Waals surface area contributed by atoms with Crippen LogP contribution in [0, 0.1) is 6.92 Å². The molecule has 0 unspecified atom stereocenters. The van der Waals surface area contributed by atoms with E-state index >= 15 is 0 Å². The lowest BCUT2D eigenvalue weighted by Gasteiger charge is -2.04. The third-order valence-electron chi connectivity index (χ3n) is 1.93. The van der Waals surface area contributed by atoms with Crippen molar-refractivity contribution < 1.29 is 9.90 Å². The number of halogens is 1. The second-order valence-corrected chi connectivity index (χ2v) is 3.19. The fourth-order valence-corrected chi connectivity index (χ4v) is 1.32. The molecule has 0 fully saturated rings. The molecule has 3 heteroatoms. The van der Waals surface area contributed by atoms with Gasteiger partial charge in [-0.05, 0) is 13.0 Å². The first-order chi connectivity index (χ1) is 6.16. The highest BCUT2D eigenvalue weighted by Gasteiger charge is 2.09. The van der Waals surface area contributed by atoms with E-state index in [1.54, 1.807) is 25.1 Å². The molecule has 0 radical (unpaired) electrons. The maximum absolute atomic E-state index is 11.4. The Labute approximate surface area is 82.2 Å². The van der Waals surface area contributed by atoms with Crippen LogP contribution in [0.25, 0.3) is 0 Å². The van der Waals surface area contributed by atoms with Gasteiger partial charge >= 0.3 is 0 Å². The van der Waals surface area contributed by atoms with Gasteiger partial charge in [0.15, 0.2) is 5.78 Å². The Morgan fingerprint density at radius 1 is 1.54 bits per heavy atom. The molecule has 0 amide bonds. The van der Waals surface area contributed by atoms with Crippen LogP contribution in [-0.4, -0.2) is 16.8 Å². The number of carbonyl (C=O) groups excluding carboxylic acids is 1. The number of Topliss-reactive ketones (excluding diaryl/α,β-unsaturated/α-hetero) is 1. The Balaban J connectivity index is 3.01. The number of hydrogen-bond donors (Lipinski definition) is 1. The van der Waals surface area contributed by atoms with E-state index in [1.807, 2.05) is 0 Å². The molecule has 0 bridgehead atoms. The molecule has 0 aliphatic carbocycles. The fraction of sp³-hybridized carbons (Fsp3) is 0.300. The first-order valence-corrected chi connectivity index (χ1v) is 4.58. The topological polar surface area (TPSA) is 37.3 Å². The lowest BCUT2D eigenvalue weighted by atomic mass is 10.0. The zero-order valence-corrected chi connectivity index (χ0v) is 8.14. The molecule has 1 aromatic rings. The Bertz CT molecular complexity index is 321. The highest BCUT2D eigenvalue weighted by atomic mass is 35.5. The van der Waals surface area contributed by atoms with Gasteiger partial charge in [0.1, 0.15) is 5.75 Å². The third kappa shape index (κ3) is 2.22. The summed E-state index contributed by atoms with van der Waals surface area (Å²) in [4.78, 5) is 11.4. The summed E-state index contributed by atoms with van der Waals surface area (Å²) < 4.78 is 0. The van der Waals surface area contributed by atoms with E-state index in [0.29, 0.717) is 23.4 Å². The molecule has 0 saturated heterocycles. The zero-order valence-electron chi connectivity index (χ0n) is 7.38. The second kappa shape index (κ2) is 4.28. The van der Waals surface area contributed by atoms with Gasteiger partial charge in [-0.2, -0.15) is 0 Å². The van der Waals surface area contributed by atoms with E-state index in [9.17, 15) is 9.90 Å². The van der Waals surface area contributed by atoms with Crippen LogP contribution < -0.4 is 0 Å².